The van der Waals surface area contributed by atoms with Crippen molar-refractivity contribution < 1.29 is 14.3 Å². The van der Waals surface area contributed by atoms with Crippen LogP contribution in [0.1, 0.15) is 32.7 Å². The molecule has 3 aromatic carbocycles. The maximum atomic E-state index is 13.3. The molecule has 0 aliphatic rings. The Morgan fingerprint density at radius 2 is 1.81 bits per heavy atom. The molecule has 158 valence electrons. The lowest BCUT2D eigenvalue weighted by atomic mass is 10.1. The molecule has 0 bridgehead atoms. The van der Waals surface area contributed by atoms with Gasteiger partial charge in [0.05, 0.1) is 0 Å². The third kappa shape index (κ3) is 4.70. The molecule has 0 amide bonds. The van der Waals surface area contributed by atoms with Crippen LogP contribution in [0, 0.1) is 12.7 Å². The SMILES string of the molecule is Cc1ccc2c(CNCc3cccc(Br)c3)c(C(=O)O)n(Cc3ccc(F)cc3)c2c1. The Labute approximate surface area is 188 Å². The van der Waals surface area contributed by atoms with E-state index >= 15 is 0 Å². The number of hydrogen-bond acceptors (Lipinski definition) is 2. The van der Waals surface area contributed by atoms with Crippen molar-refractivity contribution in [2.75, 3.05) is 0 Å². The highest BCUT2D eigenvalue weighted by Crippen LogP contribution is 2.29. The number of nitrogens with zero attached hydrogens (tertiary/aromatic N) is 1. The molecule has 0 radical (unpaired) electrons. The highest BCUT2D eigenvalue weighted by Gasteiger charge is 2.22. The van der Waals surface area contributed by atoms with E-state index in [1.807, 2.05) is 54.0 Å². The van der Waals surface area contributed by atoms with Crippen molar-refractivity contribution in [3.8, 4) is 0 Å². The lowest BCUT2D eigenvalue weighted by Gasteiger charge is -2.10. The van der Waals surface area contributed by atoms with Gasteiger partial charge in [-0.3, -0.25) is 0 Å². The monoisotopic (exact) mass is 480 g/mol. The smallest absolute Gasteiger partial charge is 0.352 e. The molecule has 4 aromatic rings. The van der Waals surface area contributed by atoms with E-state index in [0.29, 0.717) is 19.6 Å². The van der Waals surface area contributed by atoms with Crippen molar-refractivity contribution in [1.82, 2.24) is 9.88 Å². The van der Waals surface area contributed by atoms with E-state index in [0.717, 1.165) is 37.6 Å². The zero-order chi connectivity index (χ0) is 22.0. The topological polar surface area (TPSA) is 54.3 Å². The zero-order valence-corrected chi connectivity index (χ0v) is 18.6. The summed E-state index contributed by atoms with van der Waals surface area (Å²) in [5.74, 6) is -1.29. The van der Waals surface area contributed by atoms with Crippen LogP contribution in [0.5, 0.6) is 0 Å². The first-order chi connectivity index (χ1) is 14.9. The van der Waals surface area contributed by atoms with E-state index in [4.69, 9.17) is 0 Å². The minimum absolute atomic E-state index is 0.256. The Kier molecular flexibility index (Phi) is 6.20. The molecule has 6 heteroatoms. The van der Waals surface area contributed by atoms with Gasteiger partial charge < -0.3 is 15.0 Å². The molecule has 1 heterocycles. The highest BCUT2D eigenvalue weighted by molar-refractivity contribution is 9.10. The van der Waals surface area contributed by atoms with Gasteiger partial charge in [-0.1, -0.05) is 52.3 Å². The third-order valence-electron chi connectivity index (χ3n) is 5.30. The molecule has 4 nitrogen and oxygen atoms in total. The van der Waals surface area contributed by atoms with Crippen molar-refractivity contribution in [1.29, 1.82) is 0 Å². The van der Waals surface area contributed by atoms with Crippen LogP contribution in [0.15, 0.2) is 71.2 Å². The van der Waals surface area contributed by atoms with Crippen molar-refractivity contribution >= 4 is 32.8 Å². The Hall–Kier alpha value is -2.96. The van der Waals surface area contributed by atoms with Crippen molar-refractivity contribution in [3.05, 3.63) is 105 Å². The fourth-order valence-corrected chi connectivity index (χ4v) is 4.32. The van der Waals surface area contributed by atoms with Crippen LogP contribution in [0.25, 0.3) is 10.9 Å². The summed E-state index contributed by atoms with van der Waals surface area (Å²) in [6.07, 6.45) is 0. The Bertz CT molecular complexity index is 1250. The van der Waals surface area contributed by atoms with Gasteiger partial charge in [0.25, 0.3) is 0 Å². The number of benzene rings is 3. The second-order valence-corrected chi connectivity index (χ2v) is 8.51. The summed E-state index contributed by atoms with van der Waals surface area (Å²) in [6, 6.07) is 20.1. The van der Waals surface area contributed by atoms with E-state index in [9.17, 15) is 14.3 Å². The lowest BCUT2D eigenvalue weighted by Crippen LogP contribution is -2.17. The van der Waals surface area contributed by atoms with Gasteiger partial charge in [0.15, 0.2) is 0 Å². The molecule has 0 saturated heterocycles. The van der Waals surface area contributed by atoms with Crippen LogP contribution in [0.2, 0.25) is 0 Å². The van der Waals surface area contributed by atoms with E-state index < -0.39 is 5.97 Å². The van der Waals surface area contributed by atoms with E-state index in [2.05, 4.69) is 21.2 Å². The molecule has 4 rings (SSSR count). The molecule has 0 aliphatic carbocycles. The number of hydrogen-bond donors (Lipinski definition) is 2. The predicted molar refractivity (Wildman–Crippen MR) is 124 cm³/mol. The summed E-state index contributed by atoms with van der Waals surface area (Å²) in [5.41, 5.74) is 4.87. The fraction of sp³-hybridized carbons (Fsp3) is 0.160. The van der Waals surface area contributed by atoms with Gasteiger partial charge in [-0.15, -0.1) is 0 Å². The molecule has 2 N–H and O–H groups in total. The molecule has 0 spiro atoms. The van der Waals surface area contributed by atoms with Crippen LogP contribution < -0.4 is 5.32 Å². The molecular formula is C25H22BrFN2O2. The number of aromatic nitrogens is 1. The summed E-state index contributed by atoms with van der Waals surface area (Å²) in [4.78, 5) is 12.3. The Morgan fingerprint density at radius 1 is 1.03 bits per heavy atom. The minimum Gasteiger partial charge on any atom is -0.477 e. The number of carboxylic acid groups (broad SMARTS) is 1. The van der Waals surface area contributed by atoms with Crippen molar-refractivity contribution in [3.63, 3.8) is 0 Å². The van der Waals surface area contributed by atoms with Crippen LogP contribution >= 0.6 is 15.9 Å². The molecule has 0 aliphatic heterocycles. The summed E-state index contributed by atoms with van der Waals surface area (Å²) in [6.45, 7) is 3.38. The third-order valence-corrected chi connectivity index (χ3v) is 5.79. The van der Waals surface area contributed by atoms with Crippen LogP contribution in [0.3, 0.4) is 0 Å². The standard InChI is InChI=1S/C25H22BrFN2O2/c1-16-5-10-21-22(14-28-13-18-3-2-4-19(26)12-18)24(25(30)31)29(23(21)11-16)15-17-6-8-20(27)9-7-17/h2-12,28H,13-15H2,1H3,(H,30,31). The van der Waals surface area contributed by atoms with Gasteiger partial charge in [-0.2, -0.15) is 0 Å². The van der Waals surface area contributed by atoms with E-state index in [1.54, 1.807) is 12.1 Å². The first-order valence-corrected chi connectivity index (χ1v) is 10.8. The zero-order valence-electron chi connectivity index (χ0n) is 17.0. The molecule has 1 aromatic heterocycles. The number of rotatable bonds is 7. The van der Waals surface area contributed by atoms with Gasteiger partial charge in [0.1, 0.15) is 11.5 Å². The maximum absolute atomic E-state index is 13.3. The van der Waals surface area contributed by atoms with E-state index in [1.165, 1.54) is 12.1 Å². The quantitative estimate of drug-likeness (QED) is 0.346. The molecular weight excluding hydrogens is 459 g/mol. The van der Waals surface area contributed by atoms with Crippen molar-refractivity contribution in [2.24, 2.45) is 0 Å². The fourth-order valence-electron chi connectivity index (χ4n) is 3.87. The Balaban J connectivity index is 1.72. The molecule has 0 fully saturated rings. The largest absolute Gasteiger partial charge is 0.477 e. The second kappa shape index (κ2) is 9.04. The first-order valence-electron chi connectivity index (χ1n) is 9.97. The number of nitrogens with one attached hydrogen (secondary N) is 1. The van der Waals surface area contributed by atoms with Gasteiger partial charge in [-0.25, -0.2) is 9.18 Å². The molecule has 0 saturated carbocycles. The van der Waals surface area contributed by atoms with Crippen LogP contribution in [0.4, 0.5) is 4.39 Å². The summed E-state index contributed by atoms with van der Waals surface area (Å²) >= 11 is 3.48. The summed E-state index contributed by atoms with van der Waals surface area (Å²) in [7, 11) is 0. The minimum atomic E-state index is -0.977. The maximum Gasteiger partial charge on any atom is 0.352 e. The number of carbonyl (C=O) groups is 1. The van der Waals surface area contributed by atoms with Gasteiger partial charge in [-0.05, 0) is 53.9 Å². The summed E-state index contributed by atoms with van der Waals surface area (Å²) in [5, 5.41) is 14.4. The average Bonchev–Trinajstić information content (AvgIpc) is 3.02. The first kappa shape index (κ1) is 21.3. The lowest BCUT2D eigenvalue weighted by molar-refractivity contribution is 0.0684. The van der Waals surface area contributed by atoms with Crippen LogP contribution in [-0.4, -0.2) is 15.6 Å². The normalized spacial score (nSPS) is 11.2. The molecule has 0 unspecified atom stereocenters. The number of halogens is 2. The van der Waals surface area contributed by atoms with Gasteiger partial charge in [0, 0.05) is 40.6 Å². The van der Waals surface area contributed by atoms with Gasteiger partial charge in [0.2, 0.25) is 0 Å². The summed E-state index contributed by atoms with van der Waals surface area (Å²) < 4.78 is 16.2. The molecule has 0 atom stereocenters. The number of fused-ring (bicyclic) bond motifs is 1. The number of carboxylic acids is 1. The Morgan fingerprint density at radius 3 is 2.52 bits per heavy atom. The van der Waals surface area contributed by atoms with Crippen LogP contribution in [-0.2, 0) is 19.6 Å². The predicted octanol–water partition coefficient (Wildman–Crippen LogP) is 5.89. The second-order valence-electron chi connectivity index (χ2n) is 7.60. The van der Waals surface area contributed by atoms with Gasteiger partial charge >= 0.3 is 5.97 Å². The van der Waals surface area contributed by atoms with E-state index in [-0.39, 0.29) is 11.5 Å². The number of aryl methyl sites for hydroxylation is 1. The highest BCUT2D eigenvalue weighted by atomic mass is 79.9. The average molecular weight is 481 g/mol. The molecule has 31 heavy (non-hydrogen) atoms. The number of aromatic carboxylic acids is 1. The van der Waals surface area contributed by atoms with Crippen molar-refractivity contribution in [2.45, 2.75) is 26.6 Å².